The normalized spacial score (nSPS) is 39.7. The zero-order valence-corrected chi connectivity index (χ0v) is 16.9. The lowest BCUT2D eigenvalue weighted by molar-refractivity contribution is -0.160. The molecule has 0 aromatic heterocycles. The van der Waals surface area contributed by atoms with Crippen LogP contribution < -0.4 is 0 Å². The standard InChI is InChI=1S/C24H33NO2/c1-17-5-7-20(8-6-17)23-11-18-10-19(12-23)14-24(13-18,16-23)22(26)25(2)15-21-4-3-9-27-21/h5-8,18-19,21H,3-4,9-16H2,1-2H3. The molecule has 146 valence electrons. The summed E-state index contributed by atoms with van der Waals surface area (Å²) in [6.45, 7) is 3.79. The highest BCUT2D eigenvalue weighted by Gasteiger charge is 2.61. The summed E-state index contributed by atoms with van der Waals surface area (Å²) in [6.07, 6.45) is 9.70. The lowest BCUT2D eigenvalue weighted by atomic mass is 9.42. The maximum absolute atomic E-state index is 13.7. The van der Waals surface area contributed by atoms with Crippen molar-refractivity contribution in [3.05, 3.63) is 35.4 Å². The zero-order valence-electron chi connectivity index (χ0n) is 16.9. The molecule has 1 aromatic rings. The van der Waals surface area contributed by atoms with Crippen LogP contribution in [0.25, 0.3) is 0 Å². The fourth-order valence-corrected chi connectivity index (χ4v) is 7.34. The Bertz CT molecular complexity index is 704. The molecule has 4 bridgehead atoms. The van der Waals surface area contributed by atoms with E-state index in [-0.39, 0.29) is 16.9 Å². The van der Waals surface area contributed by atoms with Gasteiger partial charge in [0.25, 0.3) is 0 Å². The number of nitrogens with zero attached hydrogens (tertiary/aromatic N) is 1. The van der Waals surface area contributed by atoms with Crippen LogP contribution in [-0.4, -0.2) is 37.1 Å². The van der Waals surface area contributed by atoms with E-state index in [9.17, 15) is 4.79 Å². The second-order valence-corrected chi connectivity index (χ2v) is 10.2. The summed E-state index contributed by atoms with van der Waals surface area (Å²) in [5.41, 5.74) is 2.92. The first-order valence-corrected chi connectivity index (χ1v) is 10.9. The average molecular weight is 368 g/mol. The summed E-state index contributed by atoms with van der Waals surface area (Å²) in [4.78, 5) is 15.7. The summed E-state index contributed by atoms with van der Waals surface area (Å²) in [5.74, 6) is 1.86. The molecule has 1 amide bonds. The Kier molecular flexibility index (Phi) is 4.16. The minimum atomic E-state index is -0.123. The highest BCUT2D eigenvalue weighted by atomic mass is 16.5. The monoisotopic (exact) mass is 367 g/mol. The highest BCUT2D eigenvalue weighted by Crippen LogP contribution is 2.66. The molecule has 3 heteroatoms. The van der Waals surface area contributed by atoms with Gasteiger partial charge in [-0.15, -0.1) is 0 Å². The summed E-state index contributed by atoms with van der Waals surface area (Å²) in [7, 11) is 2.02. The Morgan fingerprint density at radius 3 is 2.48 bits per heavy atom. The summed E-state index contributed by atoms with van der Waals surface area (Å²) in [6, 6.07) is 9.20. The quantitative estimate of drug-likeness (QED) is 0.786. The number of hydrogen-bond acceptors (Lipinski definition) is 2. The van der Waals surface area contributed by atoms with Gasteiger partial charge in [-0.2, -0.15) is 0 Å². The van der Waals surface area contributed by atoms with Gasteiger partial charge in [0.15, 0.2) is 0 Å². The van der Waals surface area contributed by atoms with E-state index >= 15 is 0 Å². The SMILES string of the molecule is Cc1ccc(C23CC4CC(CC(C(=O)N(C)CC5CCCO5)(C4)C2)C3)cc1. The zero-order chi connectivity index (χ0) is 18.6. The van der Waals surface area contributed by atoms with Gasteiger partial charge in [0.05, 0.1) is 11.5 Å². The summed E-state index contributed by atoms with van der Waals surface area (Å²) < 4.78 is 5.80. The molecule has 0 radical (unpaired) electrons. The van der Waals surface area contributed by atoms with E-state index in [0.29, 0.717) is 5.91 Å². The molecule has 3 unspecified atom stereocenters. The number of benzene rings is 1. The van der Waals surface area contributed by atoms with Crippen molar-refractivity contribution >= 4 is 5.91 Å². The maximum atomic E-state index is 13.7. The molecule has 1 aliphatic heterocycles. The minimum Gasteiger partial charge on any atom is -0.376 e. The topological polar surface area (TPSA) is 29.5 Å². The summed E-state index contributed by atoms with van der Waals surface area (Å²) in [5, 5.41) is 0. The van der Waals surface area contributed by atoms with Crippen LogP contribution in [0.4, 0.5) is 0 Å². The van der Waals surface area contributed by atoms with Crippen LogP contribution in [0.15, 0.2) is 24.3 Å². The van der Waals surface area contributed by atoms with Crippen molar-refractivity contribution in [2.24, 2.45) is 17.3 Å². The van der Waals surface area contributed by atoms with E-state index in [0.717, 1.165) is 57.1 Å². The fraction of sp³-hybridized carbons (Fsp3) is 0.708. The van der Waals surface area contributed by atoms with Gasteiger partial charge in [-0.1, -0.05) is 29.8 Å². The highest BCUT2D eigenvalue weighted by molar-refractivity contribution is 5.83. The predicted octanol–water partition coefficient (Wildman–Crippen LogP) is 4.47. The molecule has 4 aliphatic carbocycles. The molecular formula is C24H33NO2. The molecule has 0 spiro atoms. The van der Waals surface area contributed by atoms with Crippen LogP contribution in [-0.2, 0) is 14.9 Å². The molecule has 0 N–H and O–H groups in total. The first-order valence-electron chi connectivity index (χ1n) is 10.9. The molecule has 5 aliphatic rings. The number of rotatable bonds is 4. The molecule has 27 heavy (non-hydrogen) atoms. The van der Waals surface area contributed by atoms with Gasteiger partial charge < -0.3 is 9.64 Å². The van der Waals surface area contributed by atoms with E-state index < -0.39 is 0 Å². The first-order chi connectivity index (χ1) is 13.0. The fourth-order valence-electron chi connectivity index (χ4n) is 7.34. The average Bonchev–Trinajstić information content (AvgIpc) is 3.13. The van der Waals surface area contributed by atoms with E-state index in [1.165, 1.54) is 30.4 Å². The minimum absolute atomic E-state index is 0.123. The Balaban J connectivity index is 1.42. The van der Waals surface area contributed by atoms with Crippen LogP contribution in [0.2, 0.25) is 0 Å². The molecular weight excluding hydrogens is 334 g/mol. The van der Waals surface area contributed by atoms with Crippen molar-refractivity contribution in [2.75, 3.05) is 20.2 Å². The second-order valence-electron chi connectivity index (χ2n) is 10.2. The molecule has 3 atom stereocenters. The Hall–Kier alpha value is -1.35. The number of likely N-dealkylation sites (N-methyl/N-ethyl adjacent to an activating group) is 1. The van der Waals surface area contributed by atoms with Crippen LogP contribution in [0.3, 0.4) is 0 Å². The van der Waals surface area contributed by atoms with Crippen molar-refractivity contribution in [1.29, 1.82) is 0 Å². The lowest BCUT2D eigenvalue weighted by Gasteiger charge is -2.62. The number of carbonyl (C=O) groups excluding carboxylic acids is 1. The van der Waals surface area contributed by atoms with Crippen LogP contribution in [0, 0.1) is 24.2 Å². The second kappa shape index (κ2) is 6.34. The van der Waals surface area contributed by atoms with Gasteiger partial charge in [0.2, 0.25) is 5.91 Å². The van der Waals surface area contributed by atoms with Crippen molar-refractivity contribution in [3.8, 4) is 0 Å². The van der Waals surface area contributed by atoms with Gasteiger partial charge in [0, 0.05) is 20.2 Å². The summed E-state index contributed by atoms with van der Waals surface area (Å²) >= 11 is 0. The smallest absolute Gasteiger partial charge is 0.228 e. The number of hydrogen-bond donors (Lipinski definition) is 0. The Morgan fingerprint density at radius 2 is 1.85 bits per heavy atom. The molecule has 4 saturated carbocycles. The molecule has 1 heterocycles. The molecule has 5 fully saturated rings. The number of aryl methyl sites for hydroxylation is 1. The Labute approximate surface area is 163 Å². The third-order valence-corrected chi connectivity index (χ3v) is 8.03. The van der Waals surface area contributed by atoms with Gasteiger partial charge in [0.1, 0.15) is 0 Å². The van der Waals surface area contributed by atoms with Crippen molar-refractivity contribution in [3.63, 3.8) is 0 Å². The molecule has 3 nitrogen and oxygen atoms in total. The number of ether oxygens (including phenoxy) is 1. The van der Waals surface area contributed by atoms with E-state index in [1.807, 2.05) is 11.9 Å². The van der Waals surface area contributed by atoms with Crippen LogP contribution in [0.1, 0.15) is 62.5 Å². The lowest BCUT2D eigenvalue weighted by Crippen LogP contribution is -2.59. The van der Waals surface area contributed by atoms with Gasteiger partial charge in [-0.25, -0.2) is 0 Å². The third-order valence-electron chi connectivity index (χ3n) is 8.03. The molecule has 1 aromatic carbocycles. The van der Waals surface area contributed by atoms with Crippen molar-refractivity contribution in [2.45, 2.75) is 69.8 Å². The van der Waals surface area contributed by atoms with Crippen LogP contribution >= 0.6 is 0 Å². The molecule has 1 saturated heterocycles. The van der Waals surface area contributed by atoms with E-state index in [1.54, 1.807) is 0 Å². The Morgan fingerprint density at radius 1 is 1.15 bits per heavy atom. The number of carbonyl (C=O) groups is 1. The van der Waals surface area contributed by atoms with Crippen LogP contribution in [0.5, 0.6) is 0 Å². The van der Waals surface area contributed by atoms with Crippen molar-refractivity contribution in [1.82, 2.24) is 4.90 Å². The van der Waals surface area contributed by atoms with Gasteiger partial charge in [-0.05, 0) is 81.1 Å². The third kappa shape index (κ3) is 2.93. The van der Waals surface area contributed by atoms with Gasteiger partial charge >= 0.3 is 0 Å². The predicted molar refractivity (Wildman–Crippen MR) is 107 cm³/mol. The first kappa shape index (κ1) is 17.7. The number of amides is 1. The molecule has 6 rings (SSSR count). The largest absolute Gasteiger partial charge is 0.376 e. The maximum Gasteiger partial charge on any atom is 0.228 e. The van der Waals surface area contributed by atoms with Crippen molar-refractivity contribution < 1.29 is 9.53 Å². The van der Waals surface area contributed by atoms with E-state index in [2.05, 4.69) is 31.2 Å². The van der Waals surface area contributed by atoms with Gasteiger partial charge in [-0.3, -0.25) is 4.79 Å². The van der Waals surface area contributed by atoms with E-state index in [4.69, 9.17) is 4.74 Å².